The molecule has 0 amide bonds. The van der Waals surface area contributed by atoms with Crippen molar-refractivity contribution in [1.29, 1.82) is 0 Å². The van der Waals surface area contributed by atoms with Gasteiger partial charge in [-0.15, -0.1) is 0 Å². The van der Waals surface area contributed by atoms with Crippen LogP contribution >= 0.6 is 15.9 Å². The van der Waals surface area contributed by atoms with Gasteiger partial charge >= 0.3 is 0 Å². The monoisotopic (exact) mass is 310 g/mol. The molecule has 1 aliphatic rings. The van der Waals surface area contributed by atoms with E-state index < -0.39 is 0 Å². The Bertz CT molecular complexity index is 386. The lowest BCUT2D eigenvalue weighted by Crippen LogP contribution is -2.60. The fraction of sp³-hybridized carbons (Fsp3) is 0.600. The number of benzene rings is 1. The summed E-state index contributed by atoms with van der Waals surface area (Å²) in [6, 6.07) is 9.28. The molecule has 1 aromatic rings. The van der Waals surface area contributed by atoms with Crippen LogP contribution in [0.3, 0.4) is 0 Å². The van der Waals surface area contributed by atoms with Crippen LogP contribution in [0.5, 0.6) is 0 Å². The summed E-state index contributed by atoms with van der Waals surface area (Å²) in [6.45, 7) is 10.3. The van der Waals surface area contributed by atoms with E-state index in [-0.39, 0.29) is 5.54 Å². The van der Waals surface area contributed by atoms with Gasteiger partial charge in [0, 0.05) is 35.7 Å². The zero-order chi connectivity index (χ0) is 13.2. The summed E-state index contributed by atoms with van der Waals surface area (Å²) < 4.78 is 1.15. The van der Waals surface area contributed by atoms with Gasteiger partial charge in [0.1, 0.15) is 0 Å². The van der Waals surface area contributed by atoms with Crippen LogP contribution in [0.4, 0.5) is 0 Å². The van der Waals surface area contributed by atoms with E-state index in [2.05, 4.69) is 71.2 Å². The molecule has 0 saturated carbocycles. The highest BCUT2D eigenvalue weighted by Gasteiger charge is 2.32. The topological polar surface area (TPSA) is 15.3 Å². The number of hydrogen-bond acceptors (Lipinski definition) is 2. The maximum atomic E-state index is 3.49. The van der Waals surface area contributed by atoms with Gasteiger partial charge in [-0.3, -0.25) is 4.90 Å². The highest BCUT2D eigenvalue weighted by molar-refractivity contribution is 9.10. The van der Waals surface area contributed by atoms with E-state index in [0.29, 0.717) is 6.04 Å². The minimum absolute atomic E-state index is 0.257. The second-order valence-corrected chi connectivity index (χ2v) is 6.78. The van der Waals surface area contributed by atoms with Gasteiger partial charge < -0.3 is 5.32 Å². The summed E-state index contributed by atoms with van der Waals surface area (Å²) in [5.74, 6) is 0. The molecule has 1 atom stereocenters. The highest BCUT2D eigenvalue weighted by atomic mass is 79.9. The van der Waals surface area contributed by atoms with Gasteiger partial charge in [-0.05, 0) is 44.9 Å². The third-order valence-electron chi connectivity index (χ3n) is 3.84. The van der Waals surface area contributed by atoms with E-state index in [1.807, 2.05) is 0 Å². The standard InChI is InChI=1S/C15H23BrN2/c1-12(10-13-4-6-14(16)7-5-13)18-9-8-17-11-15(18,2)3/h4-7,12,17H,8-11H2,1-3H3. The Morgan fingerprint density at radius 1 is 1.33 bits per heavy atom. The molecule has 1 aliphatic heterocycles. The van der Waals surface area contributed by atoms with Crippen LogP contribution in [0.25, 0.3) is 0 Å². The molecule has 2 nitrogen and oxygen atoms in total. The molecule has 100 valence electrons. The number of rotatable bonds is 3. The molecular weight excluding hydrogens is 288 g/mol. The number of hydrogen-bond donors (Lipinski definition) is 1. The number of piperazine rings is 1. The maximum Gasteiger partial charge on any atom is 0.0281 e. The lowest BCUT2D eigenvalue weighted by molar-refractivity contribution is 0.0523. The van der Waals surface area contributed by atoms with E-state index >= 15 is 0 Å². The second-order valence-electron chi connectivity index (χ2n) is 5.86. The molecule has 0 bridgehead atoms. The molecule has 0 radical (unpaired) electrons. The van der Waals surface area contributed by atoms with Crippen LogP contribution in [0.2, 0.25) is 0 Å². The van der Waals surface area contributed by atoms with Crippen LogP contribution in [-0.2, 0) is 6.42 Å². The zero-order valence-corrected chi connectivity index (χ0v) is 13.1. The summed E-state index contributed by atoms with van der Waals surface area (Å²) in [6.07, 6.45) is 1.12. The molecule has 1 N–H and O–H groups in total. The first kappa shape index (κ1) is 14.0. The third-order valence-corrected chi connectivity index (χ3v) is 4.37. The smallest absolute Gasteiger partial charge is 0.0281 e. The normalized spacial score (nSPS) is 21.8. The van der Waals surface area contributed by atoms with Gasteiger partial charge in [0.05, 0.1) is 0 Å². The molecule has 1 aromatic carbocycles. The first-order chi connectivity index (χ1) is 8.49. The predicted molar refractivity (Wildman–Crippen MR) is 81.0 cm³/mol. The van der Waals surface area contributed by atoms with Gasteiger partial charge in [0.15, 0.2) is 0 Å². The fourth-order valence-electron chi connectivity index (χ4n) is 2.89. The molecule has 1 unspecified atom stereocenters. The first-order valence-electron chi connectivity index (χ1n) is 6.71. The summed E-state index contributed by atoms with van der Waals surface area (Å²) in [5.41, 5.74) is 1.67. The van der Waals surface area contributed by atoms with Gasteiger partial charge in [-0.25, -0.2) is 0 Å². The van der Waals surface area contributed by atoms with E-state index in [0.717, 1.165) is 30.5 Å². The summed E-state index contributed by atoms with van der Waals surface area (Å²) in [5, 5.41) is 3.48. The van der Waals surface area contributed by atoms with Gasteiger partial charge in [-0.2, -0.15) is 0 Å². The maximum absolute atomic E-state index is 3.49. The minimum Gasteiger partial charge on any atom is -0.314 e. The van der Waals surface area contributed by atoms with Crippen molar-refractivity contribution >= 4 is 15.9 Å². The molecule has 1 fully saturated rings. The Kier molecular flexibility index (Phi) is 4.46. The van der Waals surface area contributed by atoms with Crippen molar-refractivity contribution in [2.24, 2.45) is 0 Å². The lowest BCUT2D eigenvalue weighted by Gasteiger charge is -2.46. The summed E-state index contributed by atoms with van der Waals surface area (Å²) in [7, 11) is 0. The van der Waals surface area contributed by atoms with Crippen LogP contribution in [0.1, 0.15) is 26.3 Å². The number of nitrogens with zero attached hydrogens (tertiary/aromatic N) is 1. The van der Waals surface area contributed by atoms with Gasteiger partial charge in [-0.1, -0.05) is 28.1 Å². The summed E-state index contributed by atoms with van der Waals surface area (Å²) in [4.78, 5) is 2.63. The fourth-order valence-corrected chi connectivity index (χ4v) is 3.15. The average molecular weight is 311 g/mol. The minimum atomic E-state index is 0.257. The number of halogens is 1. The van der Waals surface area contributed by atoms with E-state index in [1.54, 1.807) is 0 Å². The van der Waals surface area contributed by atoms with Crippen molar-refractivity contribution in [2.75, 3.05) is 19.6 Å². The van der Waals surface area contributed by atoms with E-state index in [9.17, 15) is 0 Å². The second kappa shape index (κ2) is 5.72. The van der Waals surface area contributed by atoms with Crippen molar-refractivity contribution in [3.63, 3.8) is 0 Å². The van der Waals surface area contributed by atoms with Crippen molar-refractivity contribution in [2.45, 2.75) is 38.8 Å². The van der Waals surface area contributed by atoms with Crippen molar-refractivity contribution in [1.82, 2.24) is 10.2 Å². The van der Waals surface area contributed by atoms with Crippen molar-refractivity contribution in [3.05, 3.63) is 34.3 Å². The van der Waals surface area contributed by atoms with Gasteiger partial charge in [0.25, 0.3) is 0 Å². The molecule has 0 aliphatic carbocycles. The van der Waals surface area contributed by atoms with Crippen molar-refractivity contribution < 1.29 is 0 Å². The Morgan fingerprint density at radius 3 is 2.61 bits per heavy atom. The van der Waals surface area contributed by atoms with E-state index in [4.69, 9.17) is 0 Å². The largest absolute Gasteiger partial charge is 0.314 e. The average Bonchev–Trinajstić information content (AvgIpc) is 2.31. The predicted octanol–water partition coefficient (Wildman–Crippen LogP) is 3.06. The van der Waals surface area contributed by atoms with Crippen LogP contribution in [0.15, 0.2) is 28.7 Å². The highest BCUT2D eigenvalue weighted by Crippen LogP contribution is 2.22. The van der Waals surface area contributed by atoms with Crippen LogP contribution < -0.4 is 5.32 Å². The third kappa shape index (κ3) is 3.34. The Hall–Kier alpha value is -0.380. The Labute approximate surface area is 119 Å². The lowest BCUT2D eigenvalue weighted by atomic mass is 9.95. The molecule has 3 heteroatoms. The first-order valence-corrected chi connectivity index (χ1v) is 7.50. The molecular formula is C15H23BrN2. The molecule has 18 heavy (non-hydrogen) atoms. The molecule has 2 rings (SSSR count). The summed E-state index contributed by atoms with van der Waals surface area (Å²) >= 11 is 3.49. The van der Waals surface area contributed by atoms with Crippen LogP contribution in [0, 0.1) is 0 Å². The number of nitrogens with one attached hydrogen (secondary N) is 1. The quantitative estimate of drug-likeness (QED) is 0.923. The van der Waals surface area contributed by atoms with Gasteiger partial charge in [0.2, 0.25) is 0 Å². The Morgan fingerprint density at radius 2 is 2.00 bits per heavy atom. The molecule has 1 heterocycles. The van der Waals surface area contributed by atoms with E-state index in [1.165, 1.54) is 5.56 Å². The SMILES string of the molecule is CC(Cc1ccc(Br)cc1)N1CCNCC1(C)C. The molecule has 0 spiro atoms. The van der Waals surface area contributed by atoms with Crippen LogP contribution in [-0.4, -0.2) is 36.1 Å². The van der Waals surface area contributed by atoms with Crippen molar-refractivity contribution in [3.8, 4) is 0 Å². The molecule has 0 aromatic heterocycles. The molecule has 1 saturated heterocycles. The Balaban J connectivity index is 2.02. The zero-order valence-electron chi connectivity index (χ0n) is 11.5.